The van der Waals surface area contributed by atoms with Crippen molar-refractivity contribution in [1.82, 2.24) is 10.0 Å². The Morgan fingerprint density at radius 3 is 2.53 bits per heavy atom. The summed E-state index contributed by atoms with van der Waals surface area (Å²) in [6.45, 7) is -0.126. The molecule has 0 radical (unpaired) electrons. The molecule has 9 heteroatoms. The Kier molecular flexibility index (Phi) is 4.78. The molecule has 0 aromatic heterocycles. The van der Waals surface area contributed by atoms with Gasteiger partial charge in [0.05, 0.1) is 17.5 Å². The monoisotopic (exact) mass is 293 g/mol. The molecule has 19 heavy (non-hydrogen) atoms. The van der Waals surface area contributed by atoms with E-state index < -0.39 is 38.8 Å². The first-order valence-electron chi connectivity index (χ1n) is 5.18. The van der Waals surface area contributed by atoms with Gasteiger partial charge in [-0.05, 0) is 12.1 Å². The third-order valence-corrected chi connectivity index (χ3v) is 2.81. The average molecular weight is 293 g/mol. The van der Waals surface area contributed by atoms with E-state index in [1.165, 1.54) is 0 Å². The van der Waals surface area contributed by atoms with E-state index in [9.17, 15) is 22.0 Å². The van der Waals surface area contributed by atoms with Gasteiger partial charge in [-0.2, -0.15) is 0 Å². The van der Waals surface area contributed by atoms with Crippen LogP contribution < -0.4 is 15.8 Å². The van der Waals surface area contributed by atoms with Gasteiger partial charge in [-0.15, -0.1) is 0 Å². The lowest BCUT2D eigenvalue weighted by Crippen LogP contribution is -2.34. The number of benzene rings is 1. The minimum atomic E-state index is -3.36. The molecule has 4 N–H and O–H groups in total. The van der Waals surface area contributed by atoms with E-state index in [0.29, 0.717) is 6.07 Å². The molecule has 6 nitrogen and oxygen atoms in total. The van der Waals surface area contributed by atoms with Crippen LogP contribution in [0.1, 0.15) is 10.4 Å². The van der Waals surface area contributed by atoms with Gasteiger partial charge in [0, 0.05) is 13.1 Å². The molecule has 0 saturated heterocycles. The molecular weight excluding hydrogens is 280 g/mol. The minimum absolute atomic E-state index is 0.0585. The number of anilines is 1. The minimum Gasteiger partial charge on any atom is -0.396 e. The van der Waals surface area contributed by atoms with E-state index in [4.69, 9.17) is 5.73 Å². The standard InChI is InChI=1S/C10H13F2N3O3S/c1-19(17,18)15-3-2-14-10(16)7-4-6(11)5-8(13)9(7)12/h4-5,15H,2-3,13H2,1H3,(H,14,16). The second-order valence-corrected chi connectivity index (χ2v) is 5.61. The molecule has 1 rings (SSSR count). The first-order chi connectivity index (χ1) is 8.70. The fourth-order valence-corrected chi connectivity index (χ4v) is 1.76. The predicted molar refractivity (Wildman–Crippen MR) is 66.0 cm³/mol. The van der Waals surface area contributed by atoms with Crippen LogP contribution >= 0.6 is 0 Å². The van der Waals surface area contributed by atoms with Crippen LogP contribution in [-0.4, -0.2) is 33.7 Å². The van der Waals surface area contributed by atoms with Crippen LogP contribution in [0.15, 0.2) is 12.1 Å². The van der Waals surface area contributed by atoms with Crippen molar-refractivity contribution in [2.45, 2.75) is 0 Å². The summed E-state index contributed by atoms with van der Waals surface area (Å²) in [4.78, 5) is 11.5. The number of carbonyl (C=O) groups excluding carboxylic acids is 1. The van der Waals surface area contributed by atoms with Crippen molar-refractivity contribution < 1.29 is 22.0 Å². The summed E-state index contributed by atoms with van der Waals surface area (Å²) in [5, 5.41) is 2.24. The van der Waals surface area contributed by atoms with Crippen molar-refractivity contribution in [1.29, 1.82) is 0 Å². The van der Waals surface area contributed by atoms with Crippen LogP contribution in [0.3, 0.4) is 0 Å². The van der Waals surface area contributed by atoms with Crippen molar-refractivity contribution >= 4 is 21.6 Å². The van der Waals surface area contributed by atoms with Crippen molar-refractivity contribution in [3.63, 3.8) is 0 Å². The molecule has 0 bridgehead atoms. The first-order valence-corrected chi connectivity index (χ1v) is 7.07. The fraction of sp³-hybridized carbons (Fsp3) is 0.300. The number of amides is 1. The summed E-state index contributed by atoms with van der Waals surface area (Å²) in [5.74, 6) is -2.73. The molecule has 106 valence electrons. The Morgan fingerprint density at radius 2 is 1.95 bits per heavy atom. The molecule has 0 saturated carbocycles. The third-order valence-electron chi connectivity index (χ3n) is 2.08. The van der Waals surface area contributed by atoms with Gasteiger partial charge < -0.3 is 11.1 Å². The Bertz CT molecular complexity index is 590. The smallest absolute Gasteiger partial charge is 0.254 e. The van der Waals surface area contributed by atoms with Gasteiger partial charge in [0.1, 0.15) is 5.82 Å². The van der Waals surface area contributed by atoms with Crippen LogP contribution in [0.5, 0.6) is 0 Å². The molecule has 1 aromatic carbocycles. The van der Waals surface area contributed by atoms with Crippen molar-refractivity contribution in [2.75, 3.05) is 25.1 Å². The molecule has 0 unspecified atom stereocenters. The molecule has 0 aliphatic rings. The molecular formula is C10H13F2N3O3S. The van der Waals surface area contributed by atoms with Gasteiger partial charge in [0.25, 0.3) is 5.91 Å². The number of nitrogens with two attached hydrogens (primary N) is 1. The van der Waals surface area contributed by atoms with Gasteiger partial charge in [-0.3, -0.25) is 4.79 Å². The number of sulfonamides is 1. The molecule has 1 amide bonds. The number of nitrogen functional groups attached to an aromatic ring is 1. The third kappa shape index (κ3) is 4.79. The van der Waals surface area contributed by atoms with Crippen molar-refractivity contribution in [3.05, 3.63) is 29.3 Å². The lowest BCUT2D eigenvalue weighted by atomic mass is 10.1. The number of rotatable bonds is 5. The zero-order chi connectivity index (χ0) is 14.6. The molecule has 0 aliphatic heterocycles. The number of hydrogen-bond donors (Lipinski definition) is 3. The van der Waals surface area contributed by atoms with Crippen molar-refractivity contribution in [3.8, 4) is 0 Å². The maximum absolute atomic E-state index is 13.5. The van der Waals surface area contributed by atoms with E-state index in [2.05, 4.69) is 10.0 Å². The topological polar surface area (TPSA) is 101 Å². The van der Waals surface area contributed by atoms with Crippen LogP contribution in [-0.2, 0) is 10.0 Å². The average Bonchev–Trinajstić information content (AvgIpc) is 2.27. The normalized spacial score (nSPS) is 11.3. The summed E-state index contributed by atoms with van der Waals surface area (Å²) in [6.07, 6.45) is 0.960. The maximum Gasteiger partial charge on any atom is 0.254 e. The Hall–Kier alpha value is -1.74. The number of nitrogens with one attached hydrogen (secondary N) is 2. The van der Waals surface area contributed by atoms with E-state index >= 15 is 0 Å². The zero-order valence-electron chi connectivity index (χ0n) is 10.0. The second kappa shape index (κ2) is 5.93. The highest BCUT2D eigenvalue weighted by Gasteiger charge is 2.15. The highest BCUT2D eigenvalue weighted by Crippen LogP contribution is 2.17. The SMILES string of the molecule is CS(=O)(=O)NCCNC(=O)c1cc(F)cc(N)c1F. The molecule has 1 aromatic rings. The van der Waals surface area contributed by atoms with Gasteiger partial charge in [-0.25, -0.2) is 21.9 Å². The summed E-state index contributed by atoms with van der Waals surface area (Å²) < 4.78 is 50.1. The highest BCUT2D eigenvalue weighted by molar-refractivity contribution is 7.88. The number of carbonyl (C=O) groups is 1. The van der Waals surface area contributed by atoms with Gasteiger partial charge in [-0.1, -0.05) is 0 Å². The summed E-state index contributed by atoms with van der Waals surface area (Å²) in [6, 6.07) is 1.47. The maximum atomic E-state index is 13.5. The van der Waals surface area contributed by atoms with Crippen LogP contribution in [0.4, 0.5) is 14.5 Å². The quantitative estimate of drug-likeness (QED) is 0.518. The van der Waals surface area contributed by atoms with Gasteiger partial charge in [0.2, 0.25) is 10.0 Å². The number of hydrogen-bond acceptors (Lipinski definition) is 4. The van der Waals surface area contributed by atoms with E-state index in [1.54, 1.807) is 0 Å². The molecule has 0 aliphatic carbocycles. The Balaban J connectivity index is 2.64. The zero-order valence-corrected chi connectivity index (χ0v) is 10.9. The lowest BCUT2D eigenvalue weighted by molar-refractivity contribution is 0.0950. The van der Waals surface area contributed by atoms with Crippen LogP contribution in [0.2, 0.25) is 0 Å². The summed E-state index contributed by atoms with van der Waals surface area (Å²) >= 11 is 0. The molecule has 0 spiro atoms. The van der Waals surface area contributed by atoms with Gasteiger partial charge in [0.15, 0.2) is 5.82 Å². The van der Waals surface area contributed by atoms with E-state index in [1.807, 2.05) is 0 Å². The van der Waals surface area contributed by atoms with E-state index in [0.717, 1.165) is 12.3 Å². The highest BCUT2D eigenvalue weighted by atomic mass is 32.2. The molecule has 0 fully saturated rings. The Labute approximate surface area is 109 Å². The summed E-state index contributed by atoms with van der Waals surface area (Å²) in [7, 11) is -3.36. The van der Waals surface area contributed by atoms with Crippen molar-refractivity contribution in [2.24, 2.45) is 0 Å². The van der Waals surface area contributed by atoms with Gasteiger partial charge >= 0.3 is 0 Å². The fourth-order valence-electron chi connectivity index (χ4n) is 1.28. The number of halogens is 2. The van der Waals surface area contributed by atoms with E-state index in [-0.39, 0.29) is 13.1 Å². The molecule has 0 atom stereocenters. The first kappa shape index (κ1) is 15.3. The van der Waals surface area contributed by atoms with Crippen LogP contribution in [0, 0.1) is 11.6 Å². The lowest BCUT2D eigenvalue weighted by Gasteiger charge is -2.08. The molecule has 0 heterocycles. The van der Waals surface area contributed by atoms with Crippen LogP contribution in [0.25, 0.3) is 0 Å². The largest absolute Gasteiger partial charge is 0.396 e. The predicted octanol–water partition coefficient (Wildman–Crippen LogP) is -0.174. The summed E-state index contributed by atoms with van der Waals surface area (Å²) in [5.41, 5.74) is 4.18. The Morgan fingerprint density at radius 1 is 1.32 bits per heavy atom. The second-order valence-electron chi connectivity index (χ2n) is 3.78.